The largest absolute Gasteiger partial charge is 0.315 e. The lowest BCUT2D eigenvalue weighted by Gasteiger charge is -2.38. The molecule has 2 nitrogen and oxygen atoms in total. The molecule has 1 aromatic carbocycles. The standard InChI is InChI=1S/C15H23ClN2/c1-3-18(15-8-5-9-17-11-15)12(2)13-6-4-7-14(16)10-13/h4,6-7,10,12,15,17H,3,5,8-9,11H2,1-2H3. The van der Waals surface area contributed by atoms with Gasteiger partial charge in [-0.05, 0) is 50.6 Å². The van der Waals surface area contributed by atoms with E-state index >= 15 is 0 Å². The van der Waals surface area contributed by atoms with E-state index in [1.165, 1.54) is 24.9 Å². The lowest BCUT2D eigenvalue weighted by atomic mass is 10.0. The van der Waals surface area contributed by atoms with E-state index in [1.807, 2.05) is 12.1 Å². The third kappa shape index (κ3) is 3.25. The summed E-state index contributed by atoms with van der Waals surface area (Å²) in [6.45, 7) is 7.89. The van der Waals surface area contributed by atoms with Crippen LogP contribution in [0.25, 0.3) is 0 Å². The van der Waals surface area contributed by atoms with Crippen molar-refractivity contribution in [3.8, 4) is 0 Å². The van der Waals surface area contributed by atoms with Crippen LogP contribution < -0.4 is 5.32 Å². The van der Waals surface area contributed by atoms with Gasteiger partial charge in [-0.25, -0.2) is 0 Å². The van der Waals surface area contributed by atoms with Gasteiger partial charge in [0.2, 0.25) is 0 Å². The van der Waals surface area contributed by atoms with Gasteiger partial charge in [-0.3, -0.25) is 4.90 Å². The Morgan fingerprint density at radius 2 is 2.33 bits per heavy atom. The highest BCUT2D eigenvalue weighted by atomic mass is 35.5. The predicted molar refractivity (Wildman–Crippen MR) is 78.1 cm³/mol. The molecule has 3 heteroatoms. The molecule has 2 rings (SSSR count). The van der Waals surface area contributed by atoms with E-state index in [-0.39, 0.29) is 0 Å². The van der Waals surface area contributed by atoms with Crippen molar-refractivity contribution in [1.82, 2.24) is 10.2 Å². The van der Waals surface area contributed by atoms with Crippen LogP contribution in [0.1, 0.15) is 38.3 Å². The van der Waals surface area contributed by atoms with Crippen molar-refractivity contribution in [2.75, 3.05) is 19.6 Å². The summed E-state index contributed by atoms with van der Waals surface area (Å²) >= 11 is 6.09. The van der Waals surface area contributed by atoms with Crippen molar-refractivity contribution in [3.63, 3.8) is 0 Å². The molecule has 1 N–H and O–H groups in total. The number of nitrogens with zero attached hydrogens (tertiary/aromatic N) is 1. The Kier molecular flexibility index (Phi) is 5.04. The number of hydrogen-bond donors (Lipinski definition) is 1. The molecule has 1 saturated heterocycles. The molecule has 0 bridgehead atoms. The molecular weight excluding hydrogens is 244 g/mol. The molecule has 1 aliphatic rings. The molecule has 0 amide bonds. The average Bonchev–Trinajstić information content (AvgIpc) is 2.41. The average molecular weight is 267 g/mol. The van der Waals surface area contributed by atoms with E-state index in [1.54, 1.807) is 0 Å². The summed E-state index contributed by atoms with van der Waals surface area (Å²) in [5.41, 5.74) is 1.31. The Bertz CT molecular complexity index is 375. The van der Waals surface area contributed by atoms with Gasteiger partial charge < -0.3 is 5.32 Å². The first-order valence-corrected chi connectivity index (χ1v) is 7.32. The first kappa shape index (κ1) is 13.9. The van der Waals surface area contributed by atoms with Crippen LogP contribution in [-0.2, 0) is 0 Å². The van der Waals surface area contributed by atoms with E-state index in [2.05, 4.69) is 36.2 Å². The normalized spacial score (nSPS) is 22.1. The van der Waals surface area contributed by atoms with Gasteiger partial charge >= 0.3 is 0 Å². The minimum atomic E-state index is 0.429. The number of piperidine rings is 1. The molecule has 0 aliphatic carbocycles. The van der Waals surface area contributed by atoms with Crippen LogP contribution in [0.4, 0.5) is 0 Å². The Balaban J connectivity index is 2.11. The molecule has 0 spiro atoms. The summed E-state index contributed by atoms with van der Waals surface area (Å²) in [5.74, 6) is 0. The minimum Gasteiger partial charge on any atom is -0.315 e. The van der Waals surface area contributed by atoms with Gasteiger partial charge in [-0.1, -0.05) is 30.7 Å². The van der Waals surface area contributed by atoms with Gasteiger partial charge in [0.25, 0.3) is 0 Å². The number of hydrogen-bond acceptors (Lipinski definition) is 2. The Hall–Kier alpha value is -0.570. The number of halogens is 1. The first-order valence-electron chi connectivity index (χ1n) is 6.94. The lowest BCUT2D eigenvalue weighted by Crippen LogP contribution is -2.46. The van der Waals surface area contributed by atoms with Crippen LogP contribution >= 0.6 is 11.6 Å². The molecule has 0 radical (unpaired) electrons. The summed E-state index contributed by atoms with van der Waals surface area (Å²) in [5, 5.41) is 4.33. The van der Waals surface area contributed by atoms with Crippen molar-refractivity contribution in [2.45, 2.75) is 38.8 Å². The number of benzene rings is 1. The summed E-state index contributed by atoms with van der Waals surface area (Å²) in [7, 11) is 0. The maximum atomic E-state index is 6.09. The van der Waals surface area contributed by atoms with Crippen LogP contribution in [0.3, 0.4) is 0 Å². The maximum Gasteiger partial charge on any atom is 0.0409 e. The highest BCUT2D eigenvalue weighted by Gasteiger charge is 2.24. The Morgan fingerprint density at radius 3 is 2.94 bits per heavy atom. The monoisotopic (exact) mass is 266 g/mol. The lowest BCUT2D eigenvalue weighted by molar-refractivity contribution is 0.128. The summed E-state index contributed by atoms with van der Waals surface area (Å²) in [4.78, 5) is 2.58. The third-order valence-electron chi connectivity index (χ3n) is 3.93. The van der Waals surface area contributed by atoms with E-state index in [0.717, 1.165) is 18.1 Å². The predicted octanol–water partition coefficient (Wildman–Crippen LogP) is 3.47. The smallest absolute Gasteiger partial charge is 0.0409 e. The van der Waals surface area contributed by atoms with Crippen LogP contribution in [0.5, 0.6) is 0 Å². The zero-order chi connectivity index (χ0) is 13.0. The van der Waals surface area contributed by atoms with E-state index in [0.29, 0.717) is 12.1 Å². The summed E-state index contributed by atoms with van der Waals surface area (Å²) in [6, 6.07) is 9.33. The topological polar surface area (TPSA) is 15.3 Å². The van der Waals surface area contributed by atoms with E-state index < -0.39 is 0 Å². The van der Waals surface area contributed by atoms with Crippen LogP contribution in [0.2, 0.25) is 5.02 Å². The van der Waals surface area contributed by atoms with Crippen LogP contribution in [0, 0.1) is 0 Å². The first-order chi connectivity index (χ1) is 8.72. The molecule has 2 atom stereocenters. The van der Waals surface area contributed by atoms with Crippen LogP contribution in [-0.4, -0.2) is 30.6 Å². The van der Waals surface area contributed by atoms with Gasteiger partial charge in [0, 0.05) is 23.7 Å². The molecule has 2 unspecified atom stereocenters. The Morgan fingerprint density at radius 1 is 1.50 bits per heavy atom. The van der Waals surface area contributed by atoms with Crippen molar-refractivity contribution < 1.29 is 0 Å². The zero-order valence-corrected chi connectivity index (χ0v) is 12.1. The molecule has 1 fully saturated rings. The molecule has 0 aromatic heterocycles. The summed E-state index contributed by atoms with van der Waals surface area (Å²) < 4.78 is 0. The van der Waals surface area contributed by atoms with Gasteiger partial charge in [-0.2, -0.15) is 0 Å². The van der Waals surface area contributed by atoms with E-state index in [4.69, 9.17) is 11.6 Å². The SMILES string of the molecule is CCN(C1CCCNC1)C(C)c1cccc(Cl)c1. The number of nitrogens with one attached hydrogen (secondary N) is 1. The van der Waals surface area contributed by atoms with Crippen molar-refractivity contribution in [3.05, 3.63) is 34.9 Å². The molecule has 1 aliphatic heterocycles. The number of rotatable bonds is 4. The molecule has 1 aromatic rings. The fourth-order valence-corrected chi connectivity index (χ4v) is 3.12. The van der Waals surface area contributed by atoms with Gasteiger partial charge in [0.1, 0.15) is 0 Å². The van der Waals surface area contributed by atoms with Crippen LogP contribution in [0.15, 0.2) is 24.3 Å². The zero-order valence-electron chi connectivity index (χ0n) is 11.3. The molecule has 18 heavy (non-hydrogen) atoms. The quantitative estimate of drug-likeness (QED) is 0.898. The highest BCUT2D eigenvalue weighted by molar-refractivity contribution is 6.30. The molecule has 1 heterocycles. The maximum absolute atomic E-state index is 6.09. The Labute approximate surface area is 115 Å². The second-order valence-electron chi connectivity index (χ2n) is 5.06. The van der Waals surface area contributed by atoms with Gasteiger partial charge in [0.15, 0.2) is 0 Å². The fraction of sp³-hybridized carbons (Fsp3) is 0.600. The highest BCUT2D eigenvalue weighted by Crippen LogP contribution is 2.26. The van der Waals surface area contributed by atoms with Gasteiger partial charge in [0.05, 0.1) is 0 Å². The van der Waals surface area contributed by atoms with Crippen molar-refractivity contribution in [2.24, 2.45) is 0 Å². The van der Waals surface area contributed by atoms with Crippen molar-refractivity contribution in [1.29, 1.82) is 0 Å². The molecule has 100 valence electrons. The third-order valence-corrected chi connectivity index (χ3v) is 4.17. The molecule has 0 saturated carbocycles. The molecular formula is C15H23ClN2. The second kappa shape index (κ2) is 6.55. The van der Waals surface area contributed by atoms with Gasteiger partial charge in [-0.15, -0.1) is 0 Å². The van der Waals surface area contributed by atoms with Crippen molar-refractivity contribution >= 4 is 11.6 Å². The summed E-state index contributed by atoms with van der Waals surface area (Å²) in [6.07, 6.45) is 2.58. The fourth-order valence-electron chi connectivity index (χ4n) is 2.92. The second-order valence-corrected chi connectivity index (χ2v) is 5.50. The minimum absolute atomic E-state index is 0.429. The number of likely N-dealkylation sites (N-methyl/N-ethyl adjacent to an activating group) is 1. The van der Waals surface area contributed by atoms with E-state index in [9.17, 15) is 0 Å².